The first-order valence-electron chi connectivity index (χ1n) is 7.11. The van der Waals surface area contributed by atoms with E-state index in [9.17, 15) is 4.79 Å². The van der Waals surface area contributed by atoms with E-state index in [1.54, 1.807) is 6.07 Å². The molecular weight excluding hydrogens is 375 g/mol. The normalized spacial score (nSPS) is 27.0. The van der Waals surface area contributed by atoms with Gasteiger partial charge in [0.2, 0.25) is 5.91 Å². The zero-order valence-corrected chi connectivity index (χ0v) is 14.7. The van der Waals surface area contributed by atoms with Gasteiger partial charge in [0, 0.05) is 28.7 Å². The summed E-state index contributed by atoms with van der Waals surface area (Å²) in [7, 11) is 0. The van der Waals surface area contributed by atoms with E-state index < -0.39 is 0 Å². The number of hydrogen-bond donors (Lipinski definition) is 2. The summed E-state index contributed by atoms with van der Waals surface area (Å²) in [5.74, 6) is 0.620. The van der Waals surface area contributed by atoms with Gasteiger partial charge in [-0.25, -0.2) is 0 Å². The molecule has 2 bridgehead atoms. The molecule has 3 rings (SSSR count). The average Bonchev–Trinajstić information content (AvgIpc) is 2.73. The Kier molecular flexibility index (Phi) is 5.95. The zero-order chi connectivity index (χ0) is 14.1. The number of piperidine rings is 1. The fourth-order valence-electron chi connectivity index (χ4n) is 3.39. The quantitative estimate of drug-likeness (QED) is 0.799. The number of fused-ring (bicyclic) bond motifs is 2. The molecule has 21 heavy (non-hydrogen) atoms. The molecule has 2 unspecified atom stereocenters. The molecule has 2 saturated heterocycles. The lowest BCUT2D eigenvalue weighted by Gasteiger charge is -2.28. The Morgan fingerprint density at radius 3 is 2.62 bits per heavy atom. The predicted molar refractivity (Wildman–Crippen MR) is 92.3 cm³/mol. The van der Waals surface area contributed by atoms with Crippen LogP contribution in [-0.4, -0.2) is 18.0 Å². The number of benzene rings is 1. The van der Waals surface area contributed by atoms with Crippen LogP contribution in [0.5, 0.6) is 0 Å². The number of carbonyl (C=O) groups excluding carboxylic acids is 1. The highest BCUT2D eigenvalue weighted by molar-refractivity contribution is 9.10. The number of amides is 1. The smallest absolute Gasteiger partial charge is 0.224 e. The maximum atomic E-state index is 12.1. The van der Waals surface area contributed by atoms with Crippen LogP contribution in [0.2, 0.25) is 5.02 Å². The molecule has 0 aromatic heterocycles. The van der Waals surface area contributed by atoms with E-state index >= 15 is 0 Å². The highest BCUT2D eigenvalue weighted by atomic mass is 79.9. The number of rotatable bonds is 3. The minimum absolute atomic E-state index is 0. The Bertz CT molecular complexity index is 514. The van der Waals surface area contributed by atoms with Crippen LogP contribution >= 0.6 is 39.9 Å². The summed E-state index contributed by atoms with van der Waals surface area (Å²) in [6, 6.07) is 6.72. The molecule has 2 N–H and O–H groups in total. The molecule has 2 fully saturated rings. The minimum atomic E-state index is 0. The van der Waals surface area contributed by atoms with Gasteiger partial charge in [0.05, 0.1) is 5.02 Å². The lowest BCUT2D eigenvalue weighted by atomic mass is 9.89. The highest BCUT2D eigenvalue weighted by Crippen LogP contribution is 2.33. The molecule has 3 nitrogen and oxygen atoms in total. The molecule has 2 aliphatic heterocycles. The van der Waals surface area contributed by atoms with E-state index in [-0.39, 0.29) is 18.3 Å². The molecule has 0 radical (unpaired) electrons. The largest absolute Gasteiger partial charge is 0.326 e. The Balaban J connectivity index is 0.00000161. The Morgan fingerprint density at radius 2 is 2.00 bits per heavy atom. The van der Waals surface area contributed by atoms with Crippen LogP contribution in [0.3, 0.4) is 0 Å². The number of anilines is 1. The van der Waals surface area contributed by atoms with E-state index in [2.05, 4.69) is 26.6 Å². The Morgan fingerprint density at radius 1 is 1.33 bits per heavy atom. The summed E-state index contributed by atoms with van der Waals surface area (Å²) in [5.41, 5.74) is 0.795. The fraction of sp³-hybridized carbons (Fsp3) is 0.533. The van der Waals surface area contributed by atoms with Gasteiger partial charge in [-0.3, -0.25) is 4.79 Å². The third-order valence-electron chi connectivity index (χ3n) is 4.25. The fourth-order valence-corrected chi connectivity index (χ4v) is 3.89. The molecule has 2 aliphatic rings. The van der Waals surface area contributed by atoms with E-state index in [0.717, 1.165) is 23.0 Å². The minimum Gasteiger partial charge on any atom is -0.326 e. The van der Waals surface area contributed by atoms with Crippen molar-refractivity contribution in [3.8, 4) is 0 Å². The molecule has 1 amide bonds. The summed E-state index contributed by atoms with van der Waals surface area (Å²) in [6.45, 7) is 0. The molecule has 1 aromatic rings. The van der Waals surface area contributed by atoms with Crippen LogP contribution in [0, 0.1) is 5.92 Å². The third-order valence-corrected chi connectivity index (χ3v) is 5.46. The standard InChI is InChI=1S/C15H18BrClN2O.ClH/c16-13-8-12(3-4-14(13)17)19-15(20)7-9-5-10-1-2-11(6-9)18-10;/h3-4,8-11,18H,1-2,5-7H2,(H,19,20);1H. The van der Waals surface area contributed by atoms with E-state index in [4.69, 9.17) is 11.6 Å². The number of halogens is 3. The van der Waals surface area contributed by atoms with Crippen molar-refractivity contribution < 1.29 is 4.79 Å². The first kappa shape index (κ1) is 17.1. The van der Waals surface area contributed by atoms with Gasteiger partial charge in [0.1, 0.15) is 0 Å². The monoisotopic (exact) mass is 392 g/mol. The van der Waals surface area contributed by atoms with Crippen molar-refractivity contribution in [1.29, 1.82) is 0 Å². The van der Waals surface area contributed by atoms with Gasteiger partial charge >= 0.3 is 0 Å². The van der Waals surface area contributed by atoms with Crippen LogP contribution in [0.1, 0.15) is 32.1 Å². The van der Waals surface area contributed by atoms with Gasteiger partial charge in [-0.1, -0.05) is 11.6 Å². The van der Waals surface area contributed by atoms with Gasteiger partial charge in [0.15, 0.2) is 0 Å². The van der Waals surface area contributed by atoms with Crippen LogP contribution in [0.15, 0.2) is 22.7 Å². The summed E-state index contributed by atoms with van der Waals surface area (Å²) >= 11 is 9.31. The third kappa shape index (κ3) is 4.35. The van der Waals surface area contributed by atoms with Crippen molar-refractivity contribution in [2.24, 2.45) is 5.92 Å². The number of nitrogens with one attached hydrogen (secondary N) is 2. The van der Waals surface area contributed by atoms with Gasteiger partial charge in [0.25, 0.3) is 0 Å². The molecule has 2 heterocycles. The second-order valence-corrected chi connectivity index (χ2v) is 7.12. The van der Waals surface area contributed by atoms with Crippen molar-refractivity contribution in [2.45, 2.75) is 44.2 Å². The van der Waals surface area contributed by atoms with Crippen LogP contribution in [0.4, 0.5) is 5.69 Å². The van der Waals surface area contributed by atoms with Crippen molar-refractivity contribution in [3.05, 3.63) is 27.7 Å². The van der Waals surface area contributed by atoms with Crippen molar-refractivity contribution in [1.82, 2.24) is 5.32 Å². The molecule has 1 aromatic carbocycles. The van der Waals surface area contributed by atoms with Gasteiger partial charge in [-0.05, 0) is 65.7 Å². The second-order valence-electron chi connectivity index (χ2n) is 5.86. The first-order chi connectivity index (χ1) is 9.60. The topological polar surface area (TPSA) is 41.1 Å². The van der Waals surface area contributed by atoms with Crippen LogP contribution in [0.25, 0.3) is 0 Å². The maximum Gasteiger partial charge on any atom is 0.224 e. The van der Waals surface area contributed by atoms with E-state index in [1.807, 2.05) is 12.1 Å². The molecule has 2 atom stereocenters. The molecule has 0 spiro atoms. The molecule has 6 heteroatoms. The Hall–Kier alpha value is -0.290. The molecule has 0 aliphatic carbocycles. The molecular formula is C15H19BrCl2N2O. The number of carbonyl (C=O) groups is 1. The average molecular weight is 394 g/mol. The van der Waals surface area contributed by atoms with Crippen LogP contribution in [-0.2, 0) is 4.79 Å². The zero-order valence-electron chi connectivity index (χ0n) is 11.6. The predicted octanol–water partition coefficient (Wildman–Crippen LogP) is 4.38. The first-order valence-corrected chi connectivity index (χ1v) is 8.28. The summed E-state index contributed by atoms with van der Waals surface area (Å²) in [4.78, 5) is 12.1. The summed E-state index contributed by atoms with van der Waals surface area (Å²) < 4.78 is 0.803. The molecule has 0 saturated carbocycles. The molecule has 116 valence electrons. The van der Waals surface area contributed by atoms with E-state index in [0.29, 0.717) is 29.4 Å². The SMILES string of the molecule is Cl.O=C(CC1CC2CCC(C1)N2)Nc1ccc(Cl)c(Br)c1. The van der Waals surface area contributed by atoms with Crippen LogP contribution < -0.4 is 10.6 Å². The van der Waals surface area contributed by atoms with Crippen molar-refractivity contribution >= 4 is 51.5 Å². The van der Waals surface area contributed by atoms with Gasteiger partial charge in [-0.15, -0.1) is 12.4 Å². The highest BCUT2D eigenvalue weighted by Gasteiger charge is 2.34. The van der Waals surface area contributed by atoms with Gasteiger partial charge < -0.3 is 10.6 Å². The van der Waals surface area contributed by atoms with Gasteiger partial charge in [-0.2, -0.15) is 0 Å². The van der Waals surface area contributed by atoms with Crippen molar-refractivity contribution in [2.75, 3.05) is 5.32 Å². The summed E-state index contributed by atoms with van der Waals surface area (Å²) in [6.07, 6.45) is 5.43. The summed E-state index contributed by atoms with van der Waals surface area (Å²) in [5, 5.41) is 7.21. The lowest BCUT2D eigenvalue weighted by Crippen LogP contribution is -2.39. The lowest BCUT2D eigenvalue weighted by molar-refractivity contribution is -0.117. The van der Waals surface area contributed by atoms with Crippen molar-refractivity contribution in [3.63, 3.8) is 0 Å². The number of hydrogen-bond acceptors (Lipinski definition) is 2. The maximum absolute atomic E-state index is 12.1. The van der Waals surface area contributed by atoms with E-state index in [1.165, 1.54) is 12.8 Å². The Labute approximate surface area is 144 Å². The second kappa shape index (κ2) is 7.32.